The molecule has 1 rings (SSSR count). The van der Waals surface area contributed by atoms with E-state index in [1.54, 1.807) is 6.08 Å². The number of amides is 1. The first-order valence-electron chi connectivity index (χ1n) is 5.40. The van der Waals surface area contributed by atoms with E-state index in [0.29, 0.717) is 5.92 Å². The summed E-state index contributed by atoms with van der Waals surface area (Å²) >= 11 is 0. The lowest BCUT2D eigenvalue weighted by molar-refractivity contribution is -0.113. The summed E-state index contributed by atoms with van der Waals surface area (Å²) in [6.07, 6.45) is 3.02. The van der Waals surface area contributed by atoms with Crippen LogP contribution in [-0.2, 0) is 4.79 Å². The summed E-state index contributed by atoms with van der Waals surface area (Å²) in [4.78, 5) is 14.6. The first-order valence-corrected chi connectivity index (χ1v) is 5.40. The smallest absolute Gasteiger partial charge is 0.272 e. The number of benzene rings is 1. The molecular weight excluding hydrogens is 214 g/mol. The topological polar surface area (TPSA) is 81.5 Å². The molecule has 1 aromatic rings. The van der Waals surface area contributed by atoms with Crippen LogP contribution in [0, 0.1) is 0 Å². The SMILES string of the molecule is CC(C)c1ccc(C=CC(=O)N=C(N)N)cc1. The number of aliphatic imine (C=N–C) groups is 1. The Morgan fingerprint density at radius 1 is 1.24 bits per heavy atom. The summed E-state index contributed by atoms with van der Waals surface area (Å²) in [5.41, 5.74) is 12.4. The molecule has 0 heterocycles. The predicted octanol–water partition coefficient (Wildman–Crippen LogP) is 1.62. The molecule has 4 nitrogen and oxygen atoms in total. The molecule has 0 bridgehead atoms. The summed E-state index contributed by atoms with van der Waals surface area (Å²) in [6.45, 7) is 4.26. The fourth-order valence-electron chi connectivity index (χ4n) is 1.32. The summed E-state index contributed by atoms with van der Waals surface area (Å²) in [5.74, 6) is -0.191. The highest BCUT2D eigenvalue weighted by Gasteiger charge is 1.97. The van der Waals surface area contributed by atoms with Crippen molar-refractivity contribution in [3.8, 4) is 0 Å². The zero-order chi connectivity index (χ0) is 12.8. The Bertz CT molecular complexity index is 440. The van der Waals surface area contributed by atoms with Gasteiger partial charge in [-0.15, -0.1) is 0 Å². The zero-order valence-corrected chi connectivity index (χ0v) is 10.1. The van der Waals surface area contributed by atoms with Crippen molar-refractivity contribution in [2.75, 3.05) is 0 Å². The van der Waals surface area contributed by atoms with Gasteiger partial charge in [-0.3, -0.25) is 4.79 Å². The maximum Gasteiger partial charge on any atom is 0.272 e. The molecule has 1 amide bonds. The lowest BCUT2D eigenvalue weighted by Crippen LogP contribution is -2.23. The van der Waals surface area contributed by atoms with Crippen LogP contribution in [0.1, 0.15) is 30.9 Å². The maximum atomic E-state index is 11.2. The third-order valence-corrected chi connectivity index (χ3v) is 2.26. The fourth-order valence-corrected chi connectivity index (χ4v) is 1.32. The number of nitrogens with two attached hydrogens (primary N) is 2. The number of guanidine groups is 1. The minimum atomic E-state index is -0.460. The summed E-state index contributed by atoms with van der Waals surface area (Å²) in [7, 11) is 0. The van der Waals surface area contributed by atoms with Crippen LogP contribution in [0.25, 0.3) is 6.08 Å². The van der Waals surface area contributed by atoms with Gasteiger partial charge < -0.3 is 11.5 Å². The van der Waals surface area contributed by atoms with E-state index in [-0.39, 0.29) is 5.96 Å². The highest BCUT2D eigenvalue weighted by atomic mass is 16.1. The molecule has 90 valence electrons. The second-order valence-corrected chi connectivity index (χ2v) is 4.03. The number of hydrogen-bond acceptors (Lipinski definition) is 1. The van der Waals surface area contributed by atoms with Gasteiger partial charge >= 0.3 is 0 Å². The molecular formula is C13H17N3O. The molecule has 0 atom stereocenters. The van der Waals surface area contributed by atoms with Gasteiger partial charge in [-0.1, -0.05) is 38.1 Å². The molecule has 0 saturated heterocycles. The van der Waals surface area contributed by atoms with Crippen molar-refractivity contribution in [3.63, 3.8) is 0 Å². The molecule has 17 heavy (non-hydrogen) atoms. The van der Waals surface area contributed by atoms with Gasteiger partial charge in [-0.05, 0) is 23.1 Å². The van der Waals surface area contributed by atoms with Crippen molar-refractivity contribution in [3.05, 3.63) is 41.5 Å². The number of carbonyl (C=O) groups excluding carboxylic acids is 1. The van der Waals surface area contributed by atoms with Gasteiger partial charge in [0.1, 0.15) is 0 Å². The van der Waals surface area contributed by atoms with Crippen LogP contribution in [0.3, 0.4) is 0 Å². The van der Waals surface area contributed by atoms with Crippen LogP contribution < -0.4 is 11.5 Å². The second kappa shape index (κ2) is 5.84. The molecule has 0 aliphatic heterocycles. The van der Waals surface area contributed by atoms with Gasteiger partial charge in [0.15, 0.2) is 5.96 Å². The Labute approximate surface area is 101 Å². The van der Waals surface area contributed by atoms with Crippen molar-refractivity contribution in [2.24, 2.45) is 16.5 Å². The number of rotatable bonds is 3. The van der Waals surface area contributed by atoms with E-state index in [4.69, 9.17) is 11.5 Å². The average Bonchev–Trinajstić information content (AvgIpc) is 2.26. The Balaban J connectivity index is 2.73. The summed E-state index contributed by atoms with van der Waals surface area (Å²) < 4.78 is 0. The van der Waals surface area contributed by atoms with Crippen molar-refractivity contribution < 1.29 is 4.79 Å². The minimum Gasteiger partial charge on any atom is -0.370 e. The van der Waals surface area contributed by atoms with Gasteiger partial charge in [0.05, 0.1) is 0 Å². The van der Waals surface area contributed by atoms with E-state index in [9.17, 15) is 4.79 Å². The van der Waals surface area contributed by atoms with E-state index in [1.807, 2.05) is 24.3 Å². The summed E-state index contributed by atoms with van der Waals surface area (Å²) in [6, 6.07) is 7.98. The monoisotopic (exact) mass is 231 g/mol. The van der Waals surface area contributed by atoms with Gasteiger partial charge in [-0.25, -0.2) is 0 Å². The Morgan fingerprint density at radius 2 is 1.82 bits per heavy atom. The lowest BCUT2D eigenvalue weighted by Gasteiger charge is -2.04. The van der Waals surface area contributed by atoms with Crippen molar-refractivity contribution in [2.45, 2.75) is 19.8 Å². The van der Waals surface area contributed by atoms with Crippen LogP contribution in [-0.4, -0.2) is 11.9 Å². The quantitative estimate of drug-likeness (QED) is 0.471. The molecule has 4 heteroatoms. The molecule has 0 spiro atoms. The Hall–Kier alpha value is -2.10. The third-order valence-electron chi connectivity index (χ3n) is 2.26. The standard InChI is InChI=1S/C13H17N3O/c1-9(2)11-6-3-10(4-7-11)5-8-12(17)16-13(14)15/h3-9H,1-2H3,(H4,14,15,16,17). The Kier molecular flexibility index (Phi) is 4.46. The molecule has 0 aromatic heterocycles. The fraction of sp³-hybridized carbons (Fsp3) is 0.231. The van der Waals surface area contributed by atoms with Crippen molar-refractivity contribution in [1.82, 2.24) is 0 Å². The van der Waals surface area contributed by atoms with E-state index in [1.165, 1.54) is 11.6 Å². The highest BCUT2D eigenvalue weighted by Crippen LogP contribution is 2.15. The van der Waals surface area contributed by atoms with Gasteiger partial charge in [0.25, 0.3) is 5.91 Å². The maximum absolute atomic E-state index is 11.2. The van der Waals surface area contributed by atoms with Crippen LogP contribution in [0.2, 0.25) is 0 Å². The molecule has 0 saturated carbocycles. The van der Waals surface area contributed by atoms with E-state index in [0.717, 1.165) is 5.56 Å². The molecule has 1 aromatic carbocycles. The lowest BCUT2D eigenvalue weighted by atomic mass is 10.0. The van der Waals surface area contributed by atoms with Gasteiger partial charge in [0.2, 0.25) is 0 Å². The van der Waals surface area contributed by atoms with Gasteiger partial charge in [-0.2, -0.15) is 4.99 Å². The number of nitrogens with zero attached hydrogens (tertiary/aromatic N) is 1. The highest BCUT2D eigenvalue weighted by molar-refractivity contribution is 5.99. The molecule has 0 aliphatic carbocycles. The van der Waals surface area contributed by atoms with Crippen LogP contribution in [0.4, 0.5) is 0 Å². The molecule has 0 aliphatic rings. The first-order chi connectivity index (χ1) is 7.99. The minimum absolute atomic E-state index is 0.227. The van der Waals surface area contributed by atoms with Crippen LogP contribution in [0.15, 0.2) is 35.3 Å². The second-order valence-electron chi connectivity index (χ2n) is 4.03. The van der Waals surface area contributed by atoms with Gasteiger partial charge in [0, 0.05) is 6.08 Å². The number of carbonyl (C=O) groups is 1. The van der Waals surface area contributed by atoms with E-state index in [2.05, 4.69) is 18.8 Å². The average molecular weight is 231 g/mol. The molecule has 0 fully saturated rings. The molecule has 0 unspecified atom stereocenters. The Morgan fingerprint density at radius 3 is 2.29 bits per heavy atom. The van der Waals surface area contributed by atoms with Crippen LogP contribution >= 0.6 is 0 Å². The molecule has 0 radical (unpaired) electrons. The zero-order valence-electron chi connectivity index (χ0n) is 10.1. The number of hydrogen-bond donors (Lipinski definition) is 2. The normalized spacial score (nSPS) is 10.8. The van der Waals surface area contributed by atoms with Crippen molar-refractivity contribution >= 4 is 17.9 Å². The predicted molar refractivity (Wildman–Crippen MR) is 70.4 cm³/mol. The first kappa shape index (κ1) is 13.0. The van der Waals surface area contributed by atoms with E-state index < -0.39 is 5.91 Å². The third kappa shape index (κ3) is 4.51. The van der Waals surface area contributed by atoms with Crippen LogP contribution in [0.5, 0.6) is 0 Å². The largest absolute Gasteiger partial charge is 0.370 e. The molecule has 4 N–H and O–H groups in total. The van der Waals surface area contributed by atoms with Crippen molar-refractivity contribution in [1.29, 1.82) is 0 Å². The van der Waals surface area contributed by atoms with E-state index >= 15 is 0 Å². The summed E-state index contributed by atoms with van der Waals surface area (Å²) in [5, 5.41) is 0.